The SMILES string of the molecule is CCNCC1CCCN(CC2CCCc3ccccc32)C1. The fourth-order valence-electron chi connectivity index (χ4n) is 4.19. The van der Waals surface area contributed by atoms with Gasteiger partial charge in [-0.05, 0) is 74.7 Å². The van der Waals surface area contributed by atoms with Crippen LogP contribution in [0.25, 0.3) is 0 Å². The van der Waals surface area contributed by atoms with E-state index in [0.717, 1.165) is 18.4 Å². The Bertz CT molecular complexity index is 443. The number of benzene rings is 1. The van der Waals surface area contributed by atoms with Crippen LogP contribution in [-0.2, 0) is 6.42 Å². The maximum Gasteiger partial charge on any atom is 0.00505 e. The Morgan fingerprint density at radius 1 is 1.19 bits per heavy atom. The minimum atomic E-state index is 0.771. The lowest BCUT2D eigenvalue weighted by Gasteiger charge is -2.36. The minimum absolute atomic E-state index is 0.771. The van der Waals surface area contributed by atoms with E-state index in [1.807, 2.05) is 0 Å². The van der Waals surface area contributed by atoms with Crippen molar-refractivity contribution >= 4 is 0 Å². The summed E-state index contributed by atoms with van der Waals surface area (Å²) in [7, 11) is 0. The van der Waals surface area contributed by atoms with Gasteiger partial charge in [-0.1, -0.05) is 31.2 Å². The van der Waals surface area contributed by atoms with E-state index >= 15 is 0 Å². The van der Waals surface area contributed by atoms with Gasteiger partial charge in [0.15, 0.2) is 0 Å². The van der Waals surface area contributed by atoms with Gasteiger partial charge in [-0.25, -0.2) is 0 Å². The van der Waals surface area contributed by atoms with Crippen molar-refractivity contribution in [3.8, 4) is 0 Å². The highest BCUT2D eigenvalue weighted by atomic mass is 15.1. The molecule has 2 heteroatoms. The Morgan fingerprint density at radius 3 is 3.00 bits per heavy atom. The first-order valence-corrected chi connectivity index (χ1v) is 8.87. The van der Waals surface area contributed by atoms with Gasteiger partial charge in [-0.3, -0.25) is 0 Å². The summed E-state index contributed by atoms with van der Waals surface area (Å²) in [6.07, 6.45) is 6.83. The van der Waals surface area contributed by atoms with Crippen LogP contribution in [0, 0.1) is 5.92 Å². The van der Waals surface area contributed by atoms with E-state index in [9.17, 15) is 0 Å². The van der Waals surface area contributed by atoms with Crippen LogP contribution in [0.3, 0.4) is 0 Å². The highest BCUT2D eigenvalue weighted by Crippen LogP contribution is 2.32. The van der Waals surface area contributed by atoms with E-state index in [-0.39, 0.29) is 0 Å². The summed E-state index contributed by atoms with van der Waals surface area (Å²) in [5.74, 6) is 1.63. The topological polar surface area (TPSA) is 15.3 Å². The van der Waals surface area contributed by atoms with E-state index in [2.05, 4.69) is 41.4 Å². The van der Waals surface area contributed by atoms with Crippen molar-refractivity contribution in [3.05, 3.63) is 35.4 Å². The van der Waals surface area contributed by atoms with Crippen LogP contribution in [0.1, 0.15) is 49.7 Å². The average Bonchev–Trinajstić information content (AvgIpc) is 2.54. The van der Waals surface area contributed by atoms with Crippen molar-refractivity contribution in [2.24, 2.45) is 5.92 Å². The van der Waals surface area contributed by atoms with Gasteiger partial charge < -0.3 is 10.2 Å². The molecule has 1 N–H and O–H groups in total. The Kier molecular flexibility index (Phi) is 5.32. The summed E-state index contributed by atoms with van der Waals surface area (Å²) in [5, 5.41) is 3.53. The first kappa shape index (κ1) is 15.1. The molecule has 1 aromatic rings. The van der Waals surface area contributed by atoms with Crippen LogP contribution in [0.15, 0.2) is 24.3 Å². The number of fused-ring (bicyclic) bond motifs is 1. The summed E-state index contributed by atoms with van der Waals surface area (Å²) in [4.78, 5) is 2.73. The molecule has 1 fully saturated rings. The van der Waals surface area contributed by atoms with Gasteiger partial charge >= 0.3 is 0 Å². The fraction of sp³-hybridized carbons (Fsp3) is 0.684. The Hall–Kier alpha value is -0.860. The lowest BCUT2D eigenvalue weighted by atomic mass is 9.82. The molecule has 0 radical (unpaired) electrons. The van der Waals surface area contributed by atoms with Crippen molar-refractivity contribution < 1.29 is 0 Å². The summed E-state index contributed by atoms with van der Waals surface area (Å²) in [5.41, 5.74) is 3.24. The molecule has 0 bridgehead atoms. The second-order valence-electron chi connectivity index (χ2n) is 6.86. The molecule has 2 aliphatic rings. The number of likely N-dealkylation sites (tertiary alicyclic amines) is 1. The first-order valence-electron chi connectivity index (χ1n) is 8.87. The van der Waals surface area contributed by atoms with Crippen LogP contribution >= 0.6 is 0 Å². The molecular weight excluding hydrogens is 256 g/mol. The molecule has 3 rings (SSSR count). The smallest absolute Gasteiger partial charge is 0.00505 e. The van der Waals surface area contributed by atoms with Gasteiger partial charge in [0.1, 0.15) is 0 Å². The quantitative estimate of drug-likeness (QED) is 0.892. The monoisotopic (exact) mass is 286 g/mol. The Balaban J connectivity index is 1.59. The Morgan fingerprint density at radius 2 is 2.10 bits per heavy atom. The number of rotatable bonds is 5. The predicted octanol–water partition coefficient (Wildman–Crippen LogP) is 3.43. The molecule has 1 heterocycles. The van der Waals surface area contributed by atoms with Gasteiger partial charge in [-0.15, -0.1) is 0 Å². The standard InChI is InChI=1S/C19H30N2/c1-2-20-13-16-7-6-12-21(14-16)15-18-10-5-9-17-8-3-4-11-19(17)18/h3-4,8,11,16,18,20H,2,5-7,9-10,12-15H2,1H3. The molecule has 116 valence electrons. The second kappa shape index (κ2) is 7.42. The summed E-state index contributed by atoms with van der Waals surface area (Å²) in [6.45, 7) is 8.40. The van der Waals surface area contributed by atoms with E-state index in [0.29, 0.717) is 0 Å². The van der Waals surface area contributed by atoms with Gasteiger partial charge in [-0.2, -0.15) is 0 Å². The van der Waals surface area contributed by atoms with Crippen molar-refractivity contribution in [1.82, 2.24) is 10.2 Å². The van der Waals surface area contributed by atoms with E-state index in [1.54, 1.807) is 11.1 Å². The van der Waals surface area contributed by atoms with Crippen LogP contribution in [0.4, 0.5) is 0 Å². The number of nitrogens with zero attached hydrogens (tertiary/aromatic N) is 1. The molecule has 0 aromatic heterocycles. The van der Waals surface area contributed by atoms with E-state index < -0.39 is 0 Å². The van der Waals surface area contributed by atoms with E-state index in [1.165, 1.54) is 58.3 Å². The normalized spacial score (nSPS) is 26.5. The van der Waals surface area contributed by atoms with Gasteiger partial charge in [0.05, 0.1) is 0 Å². The van der Waals surface area contributed by atoms with Gasteiger partial charge in [0.25, 0.3) is 0 Å². The number of aryl methyl sites for hydroxylation is 1. The highest BCUT2D eigenvalue weighted by Gasteiger charge is 2.25. The second-order valence-corrected chi connectivity index (χ2v) is 6.86. The molecule has 0 amide bonds. The number of hydrogen-bond acceptors (Lipinski definition) is 2. The molecule has 2 atom stereocenters. The molecule has 1 saturated heterocycles. The molecule has 2 unspecified atom stereocenters. The van der Waals surface area contributed by atoms with Crippen LogP contribution in [-0.4, -0.2) is 37.6 Å². The lowest BCUT2D eigenvalue weighted by molar-refractivity contribution is 0.160. The zero-order valence-corrected chi connectivity index (χ0v) is 13.5. The molecule has 1 aliphatic carbocycles. The van der Waals surface area contributed by atoms with Gasteiger partial charge in [0.2, 0.25) is 0 Å². The first-order chi connectivity index (χ1) is 10.4. The Labute approximate surface area is 129 Å². The van der Waals surface area contributed by atoms with Crippen molar-refractivity contribution in [3.63, 3.8) is 0 Å². The molecule has 0 spiro atoms. The highest BCUT2D eigenvalue weighted by molar-refractivity contribution is 5.32. The zero-order valence-electron chi connectivity index (χ0n) is 13.5. The number of piperidine rings is 1. The molecular formula is C19H30N2. The van der Waals surface area contributed by atoms with E-state index in [4.69, 9.17) is 0 Å². The summed E-state index contributed by atoms with van der Waals surface area (Å²) < 4.78 is 0. The molecule has 0 saturated carbocycles. The maximum atomic E-state index is 3.53. The number of nitrogens with one attached hydrogen (secondary N) is 1. The van der Waals surface area contributed by atoms with Gasteiger partial charge in [0, 0.05) is 13.1 Å². The van der Waals surface area contributed by atoms with Crippen molar-refractivity contribution in [1.29, 1.82) is 0 Å². The van der Waals surface area contributed by atoms with Crippen molar-refractivity contribution in [2.75, 3.05) is 32.7 Å². The maximum absolute atomic E-state index is 3.53. The minimum Gasteiger partial charge on any atom is -0.317 e. The number of hydrogen-bond donors (Lipinski definition) is 1. The fourth-order valence-corrected chi connectivity index (χ4v) is 4.19. The predicted molar refractivity (Wildman–Crippen MR) is 89.8 cm³/mol. The van der Waals surface area contributed by atoms with Crippen LogP contribution in [0.2, 0.25) is 0 Å². The van der Waals surface area contributed by atoms with Crippen LogP contribution < -0.4 is 5.32 Å². The molecule has 2 nitrogen and oxygen atoms in total. The third-order valence-electron chi connectivity index (χ3n) is 5.26. The molecule has 1 aliphatic heterocycles. The molecule has 21 heavy (non-hydrogen) atoms. The van der Waals surface area contributed by atoms with Crippen molar-refractivity contribution in [2.45, 2.75) is 44.9 Å². The third kappa shape index (κ3) is 3.87. The third-order valence-corrected chi connectivity index (χ3v) is 5.26. The summed E-state index contributed by atoms with van der Waals surface area (Å²) in [6, 6.07) is 9.14. The lowest BCUT2D eigenvalue weighted by Crippen LogP contribution is -2.41. The summed E-state index contributed by atoms with van der Waals surface area (Å²) >= 11 is 0. The average molecular weight is 286 g/mol. The largest absolute Gasteiger partial charge is 0.317 e. The molecule has 1 aromatic carbocycles. The van der Waals surface area contributed by atoms with Crippen LogP contribution in [0.5, 0.6) is 0 Å². The zero-order chi connectivity index (χ0) is 14.5.